The second kappa shape index (κ2) is 9.49. The molecule has 158 valence electrons. The van der Waals surface area contributed by atoms with Gasteiger partial charge in [-0.15, -0.1) is 0 Å². The molecule has 0 spiro atoms. The highest BCUT2D eigenvalue weighted by molar-refractivity contribution is 6.30. The second-order valence-corrected chi connectivity index (χ2v) is 8.38. The monoisotopic (exact) mass is 426 g/mol. The normalized spacial score (nSPS) is 18.1. The molecule has 2 fully saturated rings. The highest BCUT2D eigenvalue weighted by Crippen LogP contribution is 2.23. The van der Waals surface area contributed by atoms with E-state index in [1.807, 2.05) is 18.2 Å². The fraction of sp³-hybridized carbons (Fsp3) is 0.391. The lowest BCUT2D eigenvalue weighted by Gasteiger charge is -2.32. The molecule has 2 aromatic carbocycles. The Bertz CT molecular complexity index is 884. The lowest BCUT2D eigenvalue weighted by molar-refractivity contribution is -0.122. The Balaban J connectivity index is 1.22. The summed E-state index contributed by atoms with van der Waals surface area (Å²) in [5, 5.41) is 3.71. The van der Waals surface area contributed by atoms with Crippen LogP contribution in [0.3, 0.4) is 0 Å². The van der Waals surface area contributed by atoms with Crippen LogP contribution in [0.1, 0.15) is 18.4 Å². The first-order chi connectivity index (χ1) is 14.6. The largest absolute Gasteiger partial charge is 0.352 e. The lowest BCUT2D eigenvalue weighted by atomic mass is 10.0. The van der Waals surface area contributed by atoms with Crippen molar-refractivity contribution in [2.75, 3.05) is 37.6 Å². The van der Waals surface area contributed by atoms with Crippen molar-refractivity contribution in [1.29, 1.82) is 0 Å². The van der Waals surface area contributed by atoms with Gasteiger partial charge in [0.05, 0.1) is 0 Å². The van der Waals surface area contributed by atoms with Crippen molar-refractivity contribution in [2.45, 2.75) is 25.4 Å². The summed E-state index contributed by atoms with van der Waals surface area (Å²) in [5.41, 5.74) is 2.08. The van der Waals surface area contributed by atoms with Gasteiger partial charge in [-0.1, -0.05) is 48.0 Å². The number of piperidine rings is 1. The second-order valence-electron chi connectivity index (χ2n) is 7.94. The minimum Gasteiger partial charge on any atom is -0.352 e. The van der Waals surface area contributed by atoms with E-state index in [-0.39, 0.29) is 24.5 Å². The first-order valence-corrected chi connectivity index (χ1v) is 10.8. The number of nitrogens with zero attached hydrogens (tertiary/aromatic N) is 3. The van der Waals surface area contributed by atoms with Gasteiger partial charge in [0.25, 0.3) is 0 Å². The van der Waals surface area contributed by atoms with Crippen LogP contribution < -0.4 is 10.2 Å². The predicted octanol–water partition coefficient (Wildman–Crippen LogP) is 3.36. The van der Waals surface area contributed by atoms with Crippen molar-refractivity contribution >= 4 is 29.2 Å². The fourth-order valence-corrected chi connectivity index (χ4v) is 4.32. The quantitative estimate of drug-likeness (QED) is 0.770. The maximum atomic E-state index is 12.7. The molecule has 0 unspecified atom stereocenters. The number of benzene rings is 2. The van der Waals surface area contributed by atoms with E-state index < -0.39 is 0 Å². The summed E-state index contributed by atoms with van der Waals surface area (Å²) >= 11 is 6.04. The van der Waals surface area contributed by atoms with Gasteiger partial charge in [-0.3, -0.25) is 14.6 Å². The Morgan fingerprint density at radius 1 is 1.00 bits per heavy atom. The summed E-state index contributed by atoms with van der Waals surface area (Å²) in [6.07, 6.45) is 1.86. The molecule has 2 aliphatic rings. The van der Waals surface area contributed by atoms with Crippen molar-refractivity contribution in [3.05, 3.63) is 65.2 Å². The van der Waals surface area contributed by atoms with Crippen molar-refractivity contribution in [1.82, 2.24) is 15.1 Å². The molecular formula is C23H27ClN4O2. The van der Waals surface area contributed by atoms with E-state index in [2.05, 4.69) is 34.5 Å². The van der Waals surface area contributed by atoms with Crippen LogP contribution in [0, 0.1) is 0 Å². The number of hydrogen-bond donors (Lipinski definition) is 1. The first kappa shape index (κ1) is 20.7. The van der Waals surface area contributed by atoms with Crippen LogP contribution in [-0.2, 0) is 11.3 Å². The third-order valence-electron chi connectivity index (χ3n) is 5.75. The SMILES string of the molecule is O=C(CN1CCN(c2cccc(Cl)c2)C1=O)NC1CCN(Cc2ccccc2)CC1. The van der Waals surface area contributed by atoms with Gasteiger partial charge in [-0.25, -0.2) is 4.79 Å². The van der Waals surface area contributed by atoms with Crippen molar-refractivity contribution < 1.29 is 9.59 Å². The summed E-state index contributed by atoms with van der Waals surface area (Å²) in [5.74, 6) is -0.0854. The molecule has 3 amide bonds. The minimum absolute atomic E-state index is 0.0854. The Morgan fingerprint density at radius 2 is 1.77 bits per heavy atom. The van der Waals surface area contributed by atoms with E-state index in [1.165, 1.54) is 5.56 Å². The average molecular weight is 427 g/mol. The van der Waals surface area contributed by atoms with Gasteiger partial charge in [0.1, 0.15) is 6.54 Å². The van der Waals surface area contributed by atoms with Gasteiger partial charge in [0, 0.05) is 49.5 Å². The highest BCUT2D eigenvalue weighted by atomic mass is 35.5. The number of carbonyl (C=O) groups is 2. The number of likely N-dealkylation sites (tertiary alicyclic amines) is 1. The van der Waals surface area contributed by atoms with Gasteiger partial charge in [0.2, 0.25) is 5.91 Å². The predicted molar refractivity (Wildman–Crippen MR) is 119 cm³/mol. The van der Waals surface area contributed by atoms with Crippen LogP contribution in [0.2, 0.25) is 5.02 Å². The number of amides is 3. The summed E-state index contributed by atoms with van der Waals surface area (Å²) in [7, 11) is 0. The zero-order valence-electron chi connectivity index (χ0n) is 17.0. The van der Waals surface area contributed by atoms with Crippen molar-refractivity contribution in [3.8, 4) is 0 Å². The van der Waals surface area contributed by atoms with E-state index in [0.29, 0.717) is 18.1 Å². The Kier molecular flexibility index (Phi) is 6.55. The number of hydrogen-bond acceptors (Lipinski definition) is 3. The summed E-state index contributed by atoms with van der Waals surface area (Å²) in [6.45, 7) is 4.07. The van der Waals surface area contributed by atoms with E-state index >= 15 is 0 Å². The smallest absolute Gasteiger partial charge is 0.325 e. The third-order valence-corrected chi connectivity index (χ3v) is 5.99. The van der Waals surface area contributed by atoms with E-state index in [0.717, 1.165) is 38.2 Å². The Morgan fingerprint density at radius 3 is 2.50 bits per heavy atom. The molecule has 30 heavy (non-hydrogen) atoms. The Hall–Kier alpha value is -2.57. The maximum absolute atomic E-state index is 12.7. The number of halogens is 1. The van der Waals surface area contributed by atoms with Gasteiger partial charge in [-0.2, -0.15) is 0 Å². The molecule has 0 atom stereocenters. The van der Waals surface area contributed by atoms with Gasteiger partial charge < -0.3 is 10.2 Å². The molecule has 7 heteroatoms. The number of nitrogens with one attached hydrogen (secondary N) is 1. The molecule has 0 aromatic heterocycles. The van der Waals surface area contributed by atoms with E-state index in [4.69, 9.17) is 11.6 Å². The number of rotatable bonds is 6. The number of urea groups is 1. The molecule has 0 saturated carbocycles. The van der Waals surface area contributed by atoms with Gasteiger partial charge >= 0.3 is 6.03 Å². The van der Waals surface area contributed by atoms with E-state index in [9.17, 15) is 9.59 Å². The third kappa shape index (κ3) is 5.12. The molecule has 2 saturated heterocycles. The van der Waals surface area contributed by atoms with Gasteiger partial charge in [-0.05, 0) is 36.6 Å². The first-order valence-electron chi connectivity index (χ1n) is 10.5. The zero-order valence-corrected chi connectivity index (χ0v) is 17.7. The van der Waals surface area contributed by atoms with Crippen LogP contribution in [0.5, 0.6) is 0 Å². The van der Waals surface area contributed by atoms with Crippen LogP contribution in [-0.4, -0.2) is 60.5 Å². The topological polar surface area (TPSA) is 55.9 Å². The minimum atomic E-state index is -0.148. The molecule has 4 rings (SSSR count). The lowest BCUT2D eigenvalue weighted by Crippen LogP contribution is -2.47. The summed E-state index contributed by atoms with van der Waals surface area (Å²) in [4.78, 5) is 30.9. The fourth-order valence-electron chi connectivity index (χ4n) is 4.14. The number of anilines is 1. The summed E-state index contributed by atoms with van der Waals surface area (Å²) in [6, 6.07) is 17.7. The molecule has 2 aromatic rings. The molecule has 1 N–H and O–H groups in total. The van der Waals surface area contributed by atoms with Crippen molar-refractivity contribution in [2.24, 2.45) is 0 Å². The molecule has 6 nitrogen and oxygen atoms in total. The van der Waals surface area contributed by atoms with Crippen LogP contribution in [0.15, 0.2) is 54.6 Å². The molecule has 0 aliphatic carbocycles. The number of carbonyl (C=O) groups excluding carboxylic acids is 2. The van der Waals surface area contributed by atoms with Crippen molar-refractivity contribution in [3.63, 3.8) is 0 Å². The average Bonchev–Trinajstić information content (AvgIpc) is 3.10. The molecule has 2 aliphatic heterocycles. The highest BCUT2D eigenvalue weighted by Gasteiger charge is 2.31. The molecule has 0 radical (unpaired) electrons. The molecular weight excluding hydrogens is 400 g/mol. The van der Waals surface area contributed by atoms with Crippen LogP contribution in [0.4, 0.5) is 10.5 Å². The van der Waals surface area contributed by atoms with Crippen LogP contribution in [0.25, 0.3) is 0 Å². The Labute approximate surface area is 182 Å². The summed E-state index contributed by atoms with van der Waals surface area (Å²) < 4.78 is 0. The molecule has 2 heterocycles. The van der Waals surface area contributed by atoms with Gasteiger partial charge in [0.15, 0.2) is 0 Å². The van der Waals surface area contributed by atoms with Crippen LogP contribution >= 0.6 is 11.6 Å². The zero-order chi connectivity index (χ0) is 20.9. The van der Waals surface area contributed by atoms with E-state index in [1.54, 1.807) is 21.9 Å². The molecule has 0 bridgehead atoms. The standard InChI is InChI=1S/C23H27ClN4O2/c24-19-7-4-8-21(15-19)28-14-13-27(23(28)30)17-22(29)25-20-9-11-26(12-10-20)16-18-5-2-1-3-6-18/h1-8,15,20H,9-14,16-17H2,(H,25,29). The maximum Gasteiger partial charge on any atom is 0.325 e.